The topological polar surface area (TPSA) is 105 Å². The van der Waals surface area contributed by atoms with Gasteiger partial charge in [-0.25, -0.2) is 14.7 Å². The van der Waals surface area contributed by atoms with E-state index in [-0.39, 0.29) is 37.3 Å². The van der Waals surface area contributed by atoms with Gasteiger partial charge in [0.2, 0.25) is 5.91 Å². The minimum absolute atomic E-state index is 0.0165. The van der Waals surface area contributed by atoms with Crippen LogP contribution in [0.3, 0.4) is 0 Å². The molecule has 3 rings (SSSR count). The average Bonchev–Trinajstić information content (AvgIpc) is 3.08. The predicted octanol–water partition coefficient (Wildman–Crippen LogP) is 3.03. The van der Waals surface area contributed by atoms with Crippen LogP contribution in [0, 0.1) is 5.92 Å². The molecule has 164 valence electrons. The Bertz CT molecular complexity index is 915. The van der Waals surface area contributed by atoms with Crippen LogP contribution in [0.1, 0.15) is 30.4 Å². The monoisotopic (exact) mass is 426 g/mol. The first kappa shape index (κ1) is 22.3. The van der Waals surface area contributed by atoms with Gasteiger partial charge in [0.1, 0.15) is 6.61 Å². The Hall–Kier alpha value is -3.39. The maximum absolute atomic E-state index is 12.2. The fraction of sp³-hybridized carbons (Fsp3) is 0.348. The molecule has 0 saturated carbocycles. The van der Waals surface area contributed by atoms with Gasteiger partial charge in [0, 0.05) is 25.9 Å². The van der Waals surface area contributed by atoms with Crippen molar-refractivity contribution in [1.82, 2.24) is 10.4 Å². The number of ether oxygens (including phenoxy) is 1. The molecule has 0 radical (unpaired) electrons. The van der Waals surface area contributed by atoms with Crippen molar-refractivity contribution in [1.29, 1.82) is 0 Å². The molecule has 0 aliphatic heterocycles. The number of rotatable bonds is 9. The number of benzene rings is 2. The third kappa shape index (κ3) is 5.61. The summed E-state index contributed by atoms with van der Waals surface area (Å²) in [6.07, 6.45) is -0.448. The molecule has 0 spiro atoms. The number of nitrogens with zero attached hydrogens (tertiary/aromatic N) is 1. The van der Waals surface area contributed by atoms with E-state index in [4.69, 9.17) is 14.7 Å². The molecule has 0 heterocycles. The van der Waals surface area contributed by atoms with Crippen LogP contribution >= 0.6 is 0 Å². The van der Waals surface area contributed by atoms with Crippen LogP contribution in [0.25, 0.3) is 11.1 Å². The van der Waals surface area contributed by atoms with Crippen molar-refractivity contribution in [3.05, 3.63) is 59.7 Å². The lowest BCUT2D eigenvalue weighted by Gasteiger charge is -2.19. The molecular formula is C23H26N2O6. The molecule has 2 N–H and O–H groups in total. The van der Waals surface area contributed by atoms with E-state index in [0.29, 0.717) is 0 Å². The van der Waals surface area contributed by atoms with E-state index in [2.05, 4.69) is 29.6 Å². The van der Waals surface area contributed by atoms with Crippen LogP contribution in [0.5, 0.6) is 0 Å². The summed E-state index contributed by atoms with van der Waals surface area (Å²) >= 11 is 0. The smallest absolute Gasteiger partial charge is 0.407 e. The Morgan fingerprint density at radius 2 is 1.65 bits per heavy atom. The number of fused-ring (bicyclic) bond motifs is 3. The highest BCUT2D eigenvalue weighted by Crippen LogP contribution is 2.44. The molecule has 0 aromatic heterocycles. The van der Waals surface area contributed by atoms with Gasteiger partial charge in [0.15, 0.2) is 6.61 Å². The number of hydrogen-bond donors (Lipinski definition) is 2. The number of carbonyl (C=O) groups excluding carboxylic acids is 2. The van der Waals surface area contributed by atoms with Gasteiger partial charge in [-0.3, -0.25) is 9.63 Å². The summed E-state index contributed by atoms with van der Waals surface area (Å²) in [5, 5.41) is 12.2. The molecule has 0 saturated heterocycles. The Morgan fingerprint density at radius 3 is 2.23 bits per heavy atom. The standard InChI is InChI=1S/C23H26N2O6/c1-15(11-21(26)25(2)31-14-22(27)28)12-24-23(29)30-13-20-18-9-5-3-7-16(18)17-8-4-6-10-19(17)20/h3-10,15,20H,11-14H2,1-2H3,(H,24,29)(H,27,28). The fourth-order valence-corrected chi connectivity index (χ4v) is 3.63. The average molecular weight is 426 g/mol. The van der Waals surface area contributed by atoms with Crippen molar-refractivity contribution >= 4 is 18.0 Å². The van der Waals surface area contributed by atoms with E-state index >= 15 is 0 Å². The lowest BCUT2D eigenvalue weighted by molar-refractivity contribution is -0.186. The van der Waals surface area contributed by atoms with Crippen molar-refractivity contribution in [3.63, 3.8) is 0 Å². The van der Waals surface area contributed by atoms with Gasteiger partial charge in [0.25, 0.3) is 0 Å². The molecular weight excluding hydrogens is 400 g/mol. The third-order valence-corrected chi connectivity index (χ3v) is 5.19. The van der Waals surface area contributed by atoms with Crippen molar-refractivity contribution < 1.29 is 29.1 Å². The van der Waals surface area contributed by atoms with Crippen molar-refractivity contribution in [2.75, 3.05) is 26.8 Å². The molecule has 1 aliphatic carbocycles. The second-order valence-electron chi connectivity index (χ2n) is 7.57. The van der Waals surface area contributed by atoms with E-state index in [9.17, 15) is 14.4 Å². The van der Waals surface area contributed by atoms with E-state index in [1.807, 2.05) is 24.3 Å². The molecule has 8 heteroatoms. The summed E-state index contributed by atoms with van der Waals surface area (Å²) in [5.74, 6) is -1.73. The lowest BCUT2D eigenvalue weighted by atomic mass is 9.98. The van der Waals surface area contributed by atoms with Gasteiger partial charge < -0.3 is 15.2 Å². The number of carboxylic acids is 1. The molecule has 8 nitrogen and oxygen atoms in total. The minimum atomic E-state index is -1.16. The summed E-state index contributed by atoms with van der Waals surface area (Å²) in [6.45, 7) is 1.68. The zero-order valence-electron chi connectivity index (χ0n) is 17.5. The summed E-state index contributed by atoms with van der Waals surface area (Å²) in [6, 6.07) is 16.2. The number of amides is 2. The highest BCUT2D eigenvalue weighted by Gasteiger charge is 2.29. The SMILES string of the molecule is CC(CNC(=O)OCC1c2ccccc2-c2ccccc21)CC(=O)N(C)OCC(=O)O. The molecule has 0 fully saturated rings. The highest BCUT2D eigenvalue weighted by atomic mass is 16.7. The van der Waals surface area contributed by atoms with Crippen molar-refractivity contribution in [2.45, 2.75) is 19.3 Å². The summed E-state index contributed by atoms with van der Waals surface area (Å²) in [7, 11) is 1.36. The first-order valence-electron chi connectivity index (χ1n) is 10.1. The van der Waals surface area contributed by atoms with Crippen LogP contribution < -0.4 is 5.32 Å². The van der Waals surface area contributed by atoms with Gasteiger partial charge in [-0.15, -0.1) is 0 Å². The van der Waals surface area contributed by atoms with Gasteiger partial charge in [-0.1, -0.05) is 55.5 Å². The highest BCUT2D eigenvalue weighted by molar-refractivity contribution is 5.79. The van der Waals surface area contributed by atoms with Gasteiger partial charge >= 0.3 is 12.1 Å². The zero-order valence-corrected chi connectivity index (χ0v) is 17.5. The molecule has 2 aromatic rings. The Balaban J connectivity index is 1.47. The number of carbonyl (C=O) groups is 3. The Labute approximate surface area is 180 Å². The van der Waals surface area contributed by atoms with E-state index in [0.717, 1.165) is 27.3 Å². The first-order valence-corrected chi connectivity index (χ1v) is 10.1. The number of hydroxylamine groups is 2. The van der Waals surface area contributed by atoms with Crippen LogP contribution in [0.4, 0.5) is 4.79 Å². The maximum atomic E-state index is 12.2. The molecule has 1 atom stereocenters. The van der Waals surface area contributed by atoms with Crippen LogP contribution in [0.2, 0.25) is 0 Å². The number of carboxylic acid groups (broad SMARTS) is 1. The summed E-state index contributed by atoms with van der Waals surface area (Å²) in [4.78, 5) is 39.5. The normalized spacial score (nSPS) is 13.1. The van der Waals surface area contributed by atoms with Crippen molar-refractivity contribution in [3.8, 4) is 11.1 Å². The van der Waals surface area contributed by atoms with Crippen LogP contribution in [-0.2, 0) is 19.2 Å². The molecule has 1 aliphatic rings. The summed E-state index contributed by atoms with van der Waals surface area (Å²) < 4.78 is 5.47. The van der Waals surface area contributed by atoms with Gasteiger partial charge in [0.05, 0.1) is 0 Å². The lowest BCUT2D eigenvalue weighted by Crippen LogP contribution is -2.34. The largest absolute Gasteiger partial charge is 0.479 e. The van der Waals surface area contributed by atoms with Crippen molar-refractivity contribution in [2.24, 2.45) is 5.92 Å². The fourth-order valence-electron chi connectivity index (χ4n) is 3.63. The first-order chi connectivity index (χ1) is 14.9. The number of nitrogens with one attached hydrogen (secondary N) is 1. The van der Waals surface area contributed by atoms with Crippen LogP contribution in [0.15, 0.2) is 48.5 Å². The van der Waals surface area contributed by atoms with Gasteiger partial charge in [-0.05, 0) is 28.2 Å². The van der Waals surface area contributed by atoms with E-state index in [1.54, 1.807) is 6.92 Å². The minimum Gasteiger partial charge on any atom is -0.479 e. The molecule has 2 aromatic carbocycles. The molecule has 31 heavy (non-hydrogen) atoms. The quantitative estimate of drug-likeness (QED) is 0.597. The molecule has 0 bridgehead atoms. The number of hydrogen-bond acceptors (Lipinski definition) is 5. The van der Waals surface area contributed by atoms with Gasteiger partial charge in [-0.2, -0.15) is 0 Å². The Morgan fingerprint density at radius 1 is 1.06 bits per heavy atom. The van der Waals surface area contributed by atoms with E-state index < -0.39 is 18.7 Å². The molecule has 2 amide bonds. The Kier molecular flexibility index (Phi) is 7.25. The number of aliphatic carboxylic acids is 1. The number of alkyl carbamates (subject to hydrolysis) is 1. The van der Waals surface area contributed by atoms with E-state index in [1.165, 1.54) is 7.05 Å². The second-order valence-corrected chi connectivity index (χ2v) is 7.57. The van der Waals surface area contributed by atoms with Crippen LogP contribution in [-0.4, -0.2) is 54.9 Å². The zero-order chi connectivity index (χ0) is 22.4. The summed E-state index contributed by atoms with van der Waals surface area (Å²) in [5.41, 5.74) is 4.60. The third-order valence-electron chi connectivity index (χ3n) is 5.19. The molecule has 1 unspecified atom stereocenters. The maximum Gasteiger partial charge on any atom is 0.407 e. The second kappa shape index (κ2) is 10.1. The predicted molar refractivity (Wildman–Crippen MR) is 113 cm³/mol.